The standard InChI is InChI=1S/C7H15NO3.C4H10O/c1-8(2,3)5-6(9)4-7(10)11;1-3-5-4-2/h6,9H,4-5H2,1-3H3;3-4H2,1-2H3/t6-;/m1./s1. The Morgan fingerprint density at radius 3 is 1.94 bits per heavy atom. The van der Waals surface area contributed by atoms with Crippen LogP contribution in [0.25, 0.3) is 0 Å². The number of aliphatic hydroxyl groups is 1. The van der Waals surface area contributed by atoms with Gasteiger partial charge in [-0.05, 0) is 13.8 Å². The van der Waals surface area contributed by atoms with E-state index in [4.69, 9.17) is 9.84 Å². The molecule has 98 valence electrons. The number of carbonyl (C=O) groups excluding carboxylic acids is 1. The zero-order valence-corrected chi connectivity index (χ0v) is 11.0. The molecule has 0 aliphatic carbocycles. The second kappa shape index (κ2) is 9.57. The van der Waals surface area contributed by atoms with Gasteiger partial charge in [-0.2, -0.15) is 0 Å². The van der Waals surface area contributed by atoms with Crippen molar-refractivity contribution < 1.29 is 24.2 Å². The highest BCUT2D eigenvalue weighted by molar-refractivity contribution is 5.64. The molecule has 0 rings (SSSR count). The number of hydrogen-bond acceptors (Lipinski definition) is 4. The minimum atomic E-state index is -1.20. The molecule has 16 heavy (non-hydrogen) atoms. The van der Waals surface area contributed by atoms with Crippen LogP contribution in [0.3, 0.4) is 0 Å². The summed E-state index contributed by atoms with van der Waals surface area (Å²) in [5.74, 6) is -1.20. The zero-order chi connectivity index (χ0) is 13.2. The molecule has 0 spiro atoms. The van der Waals surface area contributed by atoms with Crippen LogP contribution in [-0.2, 0) is 9.53 Å². The van der Waals surface area contributed by atoms with Gasteiger partial charge in [-0.15, -0.1) is 0 Å². The number of aliphatic hydroxyl groups excluding tert-OH is 1. The maximum atomic E-state index is 10.0. The van der Waals surface area contributed by atoms with E-state index in [2.05, 4.69) is 0 Å². The zero-order valence-electron chi connectivity index (χ0n) is 11.0. The number of hydrogen-bond donors (Lipinski definition) is 1. The number of carbonyl (C=O) groups is 1. The first-order chi connectivity index (χ1) is 7.22. The molecular weight excluding hydrogens is 210 g/mol. The third-order valence-corrected chi connectivity index (χ3v) is 1.57. The molecule has 1 N–H and O–H groups in total. The number of rotatable bonds is 6. The molecule has 5 heteroatoms. The topological polar surface area (TPSA) is 69.6 Å². The van der Waals surface area contributed by atoms with Gasteiger partial charge in [0.2, 0.25) is 0 Å². The third kappa shape index (κ3) is 19.0. The number of likely N-dealkylation sites (N-methyl/N-ethyl adjacent to an activating group) is 1. The molecule has 0 aromatic heterocycles. The van der Waals surface area contributed by atoms with E-state index in [9.17, 15) is 9.90 Å². The molecule has 0 aliphatic heterocycles. The van der Waals surface area contributed by atoms with Gasteiger partial charge in [0.1, 0.15) is 12.6 Å². The molecule has 5 nitrogen and oxygen atoms in total. The van der Waals surface area contributed by atoms with Crippen molar-refractivity contribution >= 4 is 5.97 Å². The van der Waals surface area contributed by atoms with Crippen molar-refractivity contribution in [3.05, 3.63) is 0 Å². The van der Waals surface area contributed by atoms with Crippen molar-refractivity contribution in [1.82, 2.24) is 0 Å². The van der Waals surface area contributed by atoms with Crippen molar-refractivity contribution in [1.29, 1.82) is 0 Å². The van der Waals surface area contributed by atoms with E-state index >= 15 is 0 Å². The Morgan fingerprint density at radius 2 is 1.75 bits per heavy atom. The van der Waals surface area contributed by atoms with Gasteiger partial charge >= 0.3 is 0 Å². The molecule has 1 atom stereocenters. The fraction of sp³-hybridized carbons (Fsp3) is 0.909. The summed E-state index contributed by atoms with van der Waals surface area (Å²) in [6.07, 6.45) is -1.09. The molecule has 0 radical (unpaired) electrons. The van der Waals surface area contributed by atoms with Crippen molar-refractivity contribution in [3.63, 3.8) is 0 Å². The molecule has 0 bridgehead atoms. The van der Waals surface area contributed by atoms with Crippen LogP contribution < -0.4 is 5.11 Å². The summed E-state index contributed by atoms with van der Waals surface area (Å²) in [6.45, 7) is 6.09. The van der Waals surface area contributed by atoms with Crippen molar-refractivity contribution in [2.24, 2.45) is 0 Å². The SMILES string of the molecule is CCOCC.C[N+](C)(C)C[C@H](O)CC(=O)[O-]. The van der Waals surface area contributed by atoms with Crippen LogP contribution in [0.1, 0.15) is 20.3 Å². The van der Waals surface area contributed by atoms with E-state index in [1.807, 2.05) is 35.0 Å². The number of carboxylic acid groups (broad SMARTS) is 1. The highest BCUT2D eigenvalue weighted by Crippen LogP contribution is 1.97. The van der Waals surface area contributed by atoms with Crippen molar-refractivity contribution in [2.75, 3.05) is 40.9 Å². The Balaban J connectivity index is 0. The monoisotopic (exact) mass is 235 g/mol. The quantitative estimate of drug-likeness (QED) is 0.614. The lowest BCUT2D eigenvalue weighted by Gasteiger charge is -2.26. The van der Waals surface area contributed by atoms with Gasteiger partial charge in [0.25, 0.3) is 0 Å². The second-order valence-electron chi connectivity index (χ2n) is 4.48. The van der Waals surface area contributed by atoms with Crippen LogP contribution in [0.15, 0.2) is 0 Å². The summed E-state index contributed by atoms with van der Waals surface area (Å²) in [5.41, 5.74) is 0. The van der Waals surface area contributed by atoms with Crippen molar-refractivity contribution in [2.45, 2.75) is 26.4 Å². The minimum Gasteiger partial charge on any atom is -0.550 e. The van der Waals surface area contributed by atoms with Crippen LogP contribution in [0.4, 0.5) is 0 Å². The fourth-order valence-electron chi connectivity index (χ4n) is 1.09. The Labute approximate surface area is 98.2 Å². The lowest BCUT2D eigenvalue weighted by molar-refractivity contribution is -0.873. The molecule has 0 fully saturated rings. The van der Waals surface area contributed by atoms with Gasteiger partial charge in [0, 0.05) is 25.6 Å². The first-order valence-electron chi connectivity index (χ1n) is 5.49. The van der Waals surface area contributed by atoms with Gasteiger partial charge < -0.3 is 24.2 Å². The first-order valence-corrected chi connectivity index (χ1v) is 5.49. The number of quaternary nitrogens is 1. The fourth-order valence-corrected chi connectivity index (χ4v) is 1.09. The summed E-state index contributed by atoms with van der Waals surface area (Å²) >= 11 is 0. The molecule has 0 saturated heterocycles. The van der Waals surface area contributed by atoms with E-state index in [-0.39, 0.29) is 6.42 Å². The molecule has 0 unspecified atom stereocenters. The van der Waals surface area contributed by atoms with E-state index in [0.29, 0.717) is 11.0 Å². The predicted octanol–water partition coefficient (Wildman–Crippen LogP) is -0.764. The molecule has 0 amide bonds. The van der Waals surface area contributed by atoms with Crippen molar-refractivity contribution in [3.8, 4) is 0 Å². The Hall–Kier alpha value is -0.650. The molecular formula is C11H25NO4. The Kier molecular flexibility index (Phi) is 10.6. The normalized spacial score (nSPS) is 12.6. The molecule has 0 aliphatic rings. The third-order valence-electron chi connectivity index (χ3n) is 1.57. The molecule has 0 aromatic rings. The van der Waals surface area contributed by atoms with Crippen LogP contribution >= 0.6 is 0 Å². The molecule has 0 heterocycles. The van der Waals surface area contributed by atoms with E-state index < -0.39 is 12.1 Å². The first kappa shape index (κ1) is 17.7. The summed E-state index contributed by atoms with van der Waals surface area (Å²) in [7, 11) is 5.66. The lowest BCUT2D eigenvalue weighted by atomic mass is 10.2. The number of carboxylic acids is 1. The van der Waals surface area contributed by atoms with Crippen LogP contribution in [0.2, 0.25) is 0 Å². The van der Waals surface area contributed by atoms with Gasteiger partial charge in [0.15, 0.2) is 0 Å². The average Bonchev–Trinajstić information content (AvgIpc) is 2.00. The highest BCUT2D eigenvalue weighted by Gasteiger charge is 2.14. The summed E-state index contributed by atoms with van der Waals surface area (Å²) < 4.78 is 5.38. The minimum absolute atomic E-state index is 0.282. The van der Waals surface area contributed by atoms with E-state index in [1.165, 1.54) is 0 Å². The van der Waals surface area contributed by atoms with Gasteiger partial charge in [-0.25, -0.2) is 0 Å². The number of nitrogens with zero attached hydrogens (tertiary/aromatic N) is 1. The predicted molar refractivity (Wildman–Crippen MR) is 60.7 cm³/mol. The second-order valence-corrected chi connectivity index (χ2v) is 4.48. The maximum Gasteiger partial charge on any atom is 0.108 e. The highest BCUT2D eigenvalue weighted by atomic mass is 16.5. The lowest BCUT2D eigenvalue weighted by Crippen LogP contribution is -2.43. The largest absolute Gasteiger partial charge is 0.550 e. The smallest absolute Gasteiger partial charge is 0.108 e. The average molecular weight is 235 g/mol. The Morgan fingerprint density at radius 1 is 1.31 bits per heavy atom. The maximum absolute atomic E-state index is 10.0. The van der Waals surface area contributed by atoms with Gasteiger partial charge in [-0.1, -0.05) is 0 Å². The van der Waals surface area contributed by atoms with E-state index in [1.54, 1.807) is 0 Å². The number of aliphatic carboxylic acids is 1. The Bertz CT molecular complexity index is 175. The van der Waals surface area contributed by atoms with Crippen LogP contribution in [-0.4, -0.2) is 62.6 Å². The van der Waals surface area contributed by atoms with Gasteiger partial charge in [0.05, 0.1) is 21.1 Å². The summed E-state index contributed by atoms with van der Waals surface area (Å²) in [4.78, 5) is 10.0. The molecule has 0 aromatic carbocycles. The number of ether oxygens (including phenoxy) is 1. The molecule has 0 saturated carbocycles. The van der Waals surface area contributed by atoms with Crippen LogP contribution in [0.5, 0.6) is 0 Å². The summed E-state index contributed by atoms with van der Waals surface area (Å²) in [6, 6.07) is 0. The van der Waals surface area contributed by atoms with E-state index in [0.717, 1.165) is 13.2 Å². The van der Waals surface area contributed by atoms with Gasteiger partial charge in [-0.3, -0.25) is 0 Å². The van der Waals surface area contributed by atoms with Crippen LogP contribution in [0, 0.1) is 0 Å². The summed E-state index contributed by atoms with van der Waals surface area (Å²) in [5, 5.41) is 19.1.